The summed E-state index contributed by atoms with van der Waals surface area (Å²) < 4.78 is 54.7. The first kappa shape index (κ1) is 72.3. The number of rotatable bonds is 2. The predicted octanol–water partition coefficient (Wildman–Crippen LogP) is -13.3. The molecule has 0 saturated carbocycles. The number of nitrogens with zero attached hydrogens (tertiary/aromatic N) is 1. The molecule has 0 aliphatic rings. The average Bonchev–Trinajstić information content (AvgIpc) is 2.31. The fraction of sp³-hybridized carbons (Fsp3) is 0. The van der Waals surface area contributed by atoms with Gasteiger partial charge in [-0.3, -0.25) is 8.42 Å². The first-order chi connectivity index (χ1) is 8.60. The minimum atomic E-state index is -5.17. The Morgan fingerprint density at radius 1 is 1.00 bits per heavy atom. The van der Waals surface area contributed by atoms with E-state index in [9.17, 15) is 0 Å². The van der Waals surface area contributed by atoms with Crippen LogP contribution in [0.2, 0.25) is 0 Å². The van der Waals surface area contributed by atoms with E-state index < -0.39 is 18.3 Å². The Morgan fingerprint density at radius 3 is 1.08 bits per heavy atom. The van der Waals surface area contributed by atoms with E-state index in [1.54, 1.807) is 0 Å². The summed E-state index contributed by atoms with van der Waals surface area (Å²) in [5.74, 6) is 0. The number of hydrogen-bond donors (Lipinski definition) is 1. The molecule has 0 bridgehead atoms. The maximum Gasteiger partial charge on any atom is 1.00 e. The zero-order valence-electron chi connectivity index (χ0n) is 12.5. The molecule has 0 unspecified atom stereocenters. The second-order valence-electron chi connectivity index (χ2n) is 0.946. The third-order valence-electron chi connectivity index (χ3n) is 0.0971. The van der Waals surface area contributed by atoms with Gasteiger partial charge in [0, 0.05) is 23.2 Å². The van der Waals surface area contributed by atoms with Crippen molar-refractivity contribution in [2.45, 2.75) is 0 Å². The summed E-state index contributed by atoms with van der Waals surface area (Å²) in [6, 6.07) is 0. The molecule has 0 aliphatic heterocycles. The molecule has 0 aromatic heterocycles. The Hall–Kier alpha value is 0.910. The third-order valence-corrected chi connectivity index (χ3v) is 0.230. The first-order valence-electron chi connectivity index (χ1n) is 2.50. The minimum absolute atomic E-state index is 0. The van der Waals surface area contributed by atoms with Crippen molar-refractivity contribution in [3.05, 3.63) is 14.8 Å². The van der Waals surface area contributed by atoms with E-state index in [1.807, 2.05) is 0 Å². The van der Waals surface area contributed by atoms with Gasteiger partial charge in [0.25, 0.3) is 0 Å². The van der Waals surface area contributed by atoms with Crippen LogP contribution < -0.4 is 93.9 Å². The molecule has 142 valence electrons. The van der Waals surface area contributed by atoms with E-state index in [0.29, 0.717) is 0 Å². The number of hydrogen-bond acceptors (Lipinski definition) is 16. The molecule has 0 saturated heterocycles. The molecule has 0 amide bonds. The van der Waals surface area contributed by atoms with Crippen molar-refractivity contribution >= 4 is 24.5 Å². The van der Waals surface area contributed by atoms with Crippen molar-refractivity contribution in [2.75, 3.05) is 0 Å². The van der Waals surface area contributed by atoms with Crippen LogP contribution in [-0.4, -0.2) is 45.4 Å². The van der Waals surface area contributed by atoms with Gasteiger partial charge in [-0.1, -0.05) is 0 Å². The Morgan fingerprint density at radius 2 is 1.08 bits per heavy atom. The minimum Gasteiger partial charge on any atom is -0.759 e. The summed E-state index contributed by atoms with van der Waals surface area (Å²) in [5, 5.41) is 16.8. The summed E-state index contributed by atoms with van der Waals surface area (Å²) in [7, 11) is -8.21. The van der Waals surface area contributed by atoms with Crippen LogP contribution in [0, 0.1) is 14.8 Å². The first-order valence-corrected chi connectivity index (χ1v) is 4.93. The quantitative estimate of drug-likeness (QED) is 0.0764. The van der Waals surface area contributed by atoms with Crippen LogP contribution >= 0.6 is 7.91 Å². The molecule has 0 spiro atoms. The zero-order valence-corrected chi connectivity index (χ0v) is 20.2. The molecule has 0 radical (unpaired) electrons. The Kier molecular flexibility index (Phi) is 213. The van der Waals surface area contributed by atoms with Crippen LogP contribution in [0.3, 0.4) is 0 Å². The van der Waals surface area contributed by atoms with Crippen molar-refractivity contribution in [3.63, 3.8) is 0 Å². The van der Waals surface area contributed by atoms with Gasteiger partial charge in [0.05, 0.1) is 0 Å². The van der Waals surface area contributed by atoms with Crippen molar-refractivity contribution in [1.82, 2.24) is 0 Å². The molecule has 0 rings (SSSR count). The Labute approximate surface area is 207 Å². The van der Waals surface area contributed by atoms with E-state index >= 15 is 0 Å². The van der Waals surface area contributed by atoms with Crippen molar-refractivity contribution in [2.24, 2.45) is 5.34 Å². The van der Waals surface area contributed by atoms with E-state index in [4.69, 9.17) is 61.6 Å². The molecule has 0 atom stereocenters. The molecule has 7 N–H and O–H groups in total. The van der Waals surface area contributed by atoms with Gasteiger partial charge in [-0.05, 0) is 0 Å². The number of carbonyl (C=O) groups excluding carboxylic acids is 2. The summed E-state index contributed by atoms with van der Waals surface area (Å²) >= 11 is 0. The van der Waals surface area contributed by atoms with Gasteiger partial charge in [0.2, 0.25) is 0 Å². The van der Waals surface area contributed by atoms with Gasteiger partial charge in [-0.2, -0.15) is 9.59 Å². The molecule has 24 heteroatoms. The van der Waals surface area contributed by atoms with Crippen LogP contribution in [0.15, 0.2) is 5.34 Å². The van der Waals surface area contributed by atoms with Crippen LogP contribution in [0.25, 0.3) is 0 Å². The largest absolute Gasteiger partial charge is 1.00 e. The van der Waals surface area contributed by atoms with E-state index in [2.05, 4.69) is 9.66 Å². The van der Waals surface area contributed by atoms with Gasteiger partial charge in [-0.25, -0.2) is 14.4 Å². The SMILES string of the molecule is O.O.O.O=C=O.O=NO[O-].O=O.O=P(=O)OO.O=S(=O)([O-])[O-].[HH].[HH].[Na+].[Na+].[Na+]. The fourth-order valence-electron chi connectivity index (χ4n) is 0. The molecular weight excluding hydrogens is 446 g/mol. The summed E-state index contributed by atoms with van der Waals surface area (Å²) in [4.78, 5) is 41.0. The van der Waals surface area contributed by atoms with Crippen LogP contribution in [0.5, 0.6) is 0 Å². The van der Waals surface area contributed by atoms with Gasteiger partial charge in [0.15, 0.2) is 0 Å². The molecule has 0 fully saturated rings. The molecular formula is CH11NNa3O18PS. The van der Waals surface area contributed by atoms with E-state index in [-0.39, 0.29) is 114 Å². The smallest absolute Gasteiger partial charge is 0.759 e. The normalized spacial score (nSPS) is 5.12. The Balaban J connectivity index is -0.00000000786. The van der Waals surface area contributed by atoms with Gasteiger partial charge < -0.3 is 35.8 Å². The molecule has 0 aliphatic carbocycles. The average molecular weight is 457 g/mol. The van der Waals surface area contributed by atoms with Gasteiger partial charge in [-0.15, -0.1) is 9.58 Å². The zero-order chi connectivity index (χ0) is 16.9. The maximum atomic E-state index is 8.93. The van der Waals surface area contributed by atoms with Crippen molar-refractivity contribution in [1.29, 1.82) is 0 Å². The van der Waals surface area contributed by atoms with Crippen molar-refractivity contribution in [3.8, 4) is 0 Å². The monoisotopic (exact) mass is 457 g/mol. The fourth-order valence-corrected chi connectivity index (χ4v) is 0. The summed E-state index contributed by atoms with van der Waals surface area (Å²) in [6.45, 7) is 0. The van der Waals surface area contributed by atoms with Gasteiger partial charge >= 0.3 is 103 Å². The second kappa shape index (κ2) is 73.6. The van der Waals surface area contributed by atoms with Crippen LogP contribution in [0.4, 0.5) is 0 Å². The predicted molar refractivity (Wildman–Crippen MR) is 56.2 cm³/mol. The van der Waals surface area contributed by atoms with Gasteiger partial charge in [0.1, 0.15) is 5.34 Å². The van der Waals surface area contributed by atoms with Crippen molar-refractivity contribution < 1.29 is 164 Å². The third kappa shape index (κ3) is 855. The van der Waals surface area contributed by atoms with Crippen LogP contribution in [-0.2, 0) is 38.8 Å². The van der Waals surface area contributed by atoms with E-state index in [0.717, 1.165) is 0 Å². The summed E-state index contributed by atoms with van der Waals surface area (Å²) in [6.07, 6.45) is 0.250. The maximum absolute atomic E-state index is 8.93. The summed E-state index contributed by atoms with van der Waals surface area (Å²) in [5.41, 5.74) is 0. The molecule has 0 aromatic rings. The Bertz CT molecular complexity index is 368. The molecule has 19 nitrogen and oxygen atoms in total. The molecule has 0 aromatic carbocycles. The molecule has 0 heterocycles. The molecule has 25 heavy (non-hydrogen) atoms. The topological polar surface area (TPSA) is 368 Å². The van der Waals surface area contributed by atoms with E-state index in [1.165, 1.54) is 5.34 Å². The second-order valence-corrected chi connectivity index (χ2v) is 2.37. The van der Waals surface area contributed by atoms with Crippen LogP contribution in [0.1, 0.15) is 2.85 Å². The standard InChI is InChI=1S/CO2.HNO3.3Na.HO4P.H2O4S.O2.3H2O.2H2/c2-1-3;2-1-4-3;;;;1-4-5(2)3;1-5(2,3)4;1-2;;;;;/h;3H;;;;1H;(H2,1,2,3,4);;3*1H2;2*1H/q;;3*+1;;;;;;;;/p-3.